The molecule has 0 saturated carbocycles. The van der Waals surface area contributed by atoms with Gasteiger partial charge in [0.25, 0.3) is 5.69 Å². The molecule has 0 saturated heterocycles. The van der Waals surface area contributed by atoms with Gasteiger partial charge < -0.3 is 9.84 Å². The Morgan fingerprint density at radius 1 is 1.54 bits per heavy atom. The van der Waals surface area contributed by atoms with Crippen LogP contribution in [0.5, 0.6) is 11.5 Å². The van der Waals surface area contributed by atoms with Crippen LogP contribution in [0.1, 0.15) is 5.56 Å². The first kappa shape index (κ1) is 7.85. The van der Waals surface area contributed by atoms with Crippen LogP contribution in [0.4, 0.5) is 5.69 Å². The van der Waals surface area contributed by atoms with E-state index in [1.807, 2.05) is 0 Å². The quantitative estimate of drug-likeness (QED) is 0.522. The van der Waals surface area contributed by atoms with E-state index in [0.717, 1.165) is 0 Å². The third kappa shape index (κ3) is 1.09. The Morgan fingerprint density at radius 3 is 3.00 bits per heavy atom. The maximum Gasteiger partial charge on any atom is 0.276 e. The number of rotatable bonds is 1. The molecule has 1 aliphatic heterocycles. The molecule has 0 bridgehead atoms. The molecule has 0 fully saturated rings. The lowest BCUT2D eigenvalue weighted by Crippen LogP contribution is -1.92. The summed E-state index contributed by atoms with van der Waals surface area (Å²) in [5.41, 5.74) is 0.510. The number of aromatic hydroxyl groups is 1. The van der Waals surface area contributed by atoms with E-state index in [9.17, 15) is 15.2 Å². The second-order valence-electron chi connectivity index (χ2n) is 2.77. The first-order valence-corrected chi connectivity index (χ1v) is 3.82. The predicted molar refractivity (Wildman–Crippen MR) is 44.0 cm³/mol. The van der Waals surface area contributed by atoms with Crippen molar-refractivity contribution in [3.05, 3.63) is 27.8 Å². The van der Waals surface area contributed by atoms with Crippen molar-refractivity contribution in [2.75, 3.05) is 6.61 Å². The number of fused-ring (bicyclic) bond motifs is 1. The maximum absolute atomic E-state index is 10.5. The van der Waals surface area contributed by atoms with Crippen LogP contribution < -0.4 is 4.74 Å². The normalized spacial score (nSPS) is 13.5. The van der Waals surface area contributed by atoms with Crippen LogP contribution in [-0.4, -0.2) is 16.6 Å². The first-order chi connectivity index (χ1) is 6.20. The Morgan fingerprint density at radius 2 is 2.31 bits per heavy atom. The molecule has 5 heteroatoms. The highest BCUT2D eigenvalue weighted by Gasteiger charge is 2.25. The van der Waals surface area contributed by atoms with Gasteiger partial charge in [-0.1, -0.05) is 0 Å². The van der Waals surface area contributed by atoms with Crippen molar-refractivity contribution in [3.63, 3.8) is 0 Å². The van der Waals surface area contributed by atoms with Crippen molar-refractivity contribution in [3.8, 4) is 11.5 Å². The minimum absolute atomic E-state index is 0.0188. The summed E-state index contributed by atoms with van der Waals surface area (Å²) >= 11 is 0. The summed E-state index contributed by atoms with van der Waals surface area (Å²) in [6.07, 6.45) is 0.486. The number of benzene rings is 1. The summed E-state index contributed by atoms with van der Waals surface area (Å²) < 4.78 is 5.07. The third-order valence-electron chi connectivity index (χ3n) is 2.01. The van der Waals surface area contributed by atoms with E-state index in [-0.39, 0.29) is 17.2 Å². The van der Waals surface area contributed by atoms with Crippen molar-refractivity contribution in [1.29, 1.82) is 0 Å². The molecule has 1 heterocycles. The van der Waals surface area contributed by atoms with Crippen LogP contribution in [0.2, 0.25) is 0 Å². The third-order valence-corrected chi connectivity index (χ3v) is 2.01. The number of ether oxygens (including phenoxy) is 1. The molecule has 0 amide bonds. The largest absolute Gasteiger partial charge is 0.504 e. The van der Waals surface area contributed by atoms with Gasteiger partial charge >= 0.3 is 0 Å². The van der Waals surface area contributed by atoms with Crippen LogP contribution in [0.25, 0.3) is 0 Å². The van der Waals surface area contributed by atoms with Crippen LogP contribution in [0.3, 0.4) is 0 Å². The maximum atomic E-state index is 10.5. The van der Waals surface area contributed by atoms with E-state index >= 15 is 0 Å². The fourth-order valence-electron chi connectivity index (χ4n) is 1.43. The molecule has 1 aromatic rings. The van der Waals surface area contributed by atoms with E-state index in [1.165, 1.54) is 12.1 Å². The smallest absolute Gasteiger partial charge is 0.276 e. The molecule has 0 unspecified atom stereocenters. The van der Waals surface area contributed by atoms with Crippen LogP contribution in [0, 0.1) is 10.1 Å². The highest BCUT2D eigenvalue weighted by Crippen LogP contribution is 2.40. The molecule has 0 aliphatic carbocycles. The monoisotopic (exact) mass is 181 g/mol. The second kappa shape index (κ2) is 2.62. The highest BCUT2D eigenvalue weighted by atomic mass is 16.6. The lowest BCUT2D eigenvalue weighted by Gasteiger charge is -2.01. The second-order valence-corrected chi connectivity index (χ2v) is 2.77. The van der Waals surface area contributed by atoms with Gasteiger partial charge in [0, 0.05) is 12.5 Å². The van der Waals surface area contributed by atoms with E-state index in [4.69, 9.17) is 4.74 Å². The molecule has 0 atom stereocenters. The van der Waals surface area contributed by atoms with Gasteiger partial charge in [-0.25, -0.2) is 0 Å². The standard InChI is InChI=1S/C8H7NO4/c10-7-2-1-6(9(11)12)5-3-4-13-8(5)7/h1-2,10H,3-4H2. The molecule has 0 spiro atoms. The molecular formula is C8H7NO4. The number of nitrogens with zero attached hydrogens (tertiary/aromatic N) is 1. The van der Waals surface area contributed by atoms with Crippen molar-refractivity contribution in [2.45, 2.75) is 6.42 Å². The van der Waals surface area contributed by atoms with Crippen LogP contribution >= 0.6 is 0 Å². The van der Waals surface area contributed by atoms with Gasteiger partial charge in [0.2, 0.25) is 0 Å². The van der Waals surface area contributed by atoms with Crippen LogP contribution in [-0.2, 0) is 6.42 Å². The molecule has 13 heavy (non-hydrogen) atoms. The van der Waals surface area contributed by atoms with E-state index in [0.29, 0.717) is 18.6 Å². The summed E-state index contributed by atoms with van der Waals surface area (Å²) in [6.45, 7) is 0.397. The first-order valence-electron chi connectivity index (χ1n) is 3.82. The Balaban J connectivity index is 2.62. The number of hydrogen-bond acceptors (Lipinski definition) is 4. The van der Waals surface area contributed by atoms with Crippen molar-refractivity contribution in [1.82, 2.24) is 0 Å². The Hall–Kier alpha value is -1.78. The Labute approximate surface area is 73.7 Å². The van der Waals surface area contributed by atoms with Gasteiger partial charge in [0.15, 0.2) is 11.5 Å². The van der Waals surface area contributed by atoms with Crippen molar-refractivity contribution in [2.24, 2.45) is 0 Å². The Bertz CT molecular complexity index is 375. The average molecular weight is 181 g/mol. The topological polar surface area (TPSA) is 72.6 Å². The van der Waals surface area contributed by atoms with E-state index in [2.05, 4.69) is 0 Å². The van der Waals surface area contributed by atoms with Crippen LogP contribution in [0.15, 0.2) is 12.1 Å². The molecule has 0 radical (unpaired) electrons. The lowest BCUT2D eigenvalue weighted by molar-refractivity contribution is -0.385. The molecule has 1 aromatic carbocycles. The predicted octanol–water partition coefficient (Wildman–Crippen LogP) is 1.24. The van der Waals surface area contributed by atoms with E-state index < -0.39 is 4.92 Å². The minimum Gasteiger partial charge on any atom is -0.504 e. The Kier molecular flexibility index (Phi) is 1.58. The van der Waals surface area contributed by atoms with Gasteiger partial charge in [-0.05, 0) is 6.07 Å². The molecule has 1 aliphatic rings. The molecule has 0 aromatic heterocycles. The van der Waals surface area contributed by atoms with Gasteiger partial charge in [-0.15, -0.1) is 0 Å². The zero-order valence-corrected chi connectivity index (χ0v) is 6.69. The number of nitro groups is 1. The van der Waals surface area contributed by atoms with Gasteiger partial charge in [-0.2, -0.15) is 0 Å². The molecule has 2 rings (SSSR count). The van der Waals surface area contributed by atoms with Crippen molar-refractivity contribution >= 4 is 5.69 Å². The van der Waals surface area contributed by atoms with Crippen molar-refractivity contribution < 1.29 is 14.8 Å². The molecule has 5 nitrogen and oxygen atoms in total. The summed E-state index contributed by atoms with van der Waals surface area (Å²) in [5.74, 6) is 0.229. The zero-order chi connectivity index (χ0) is 9.42. The number of phenolic OH excluding ortho intramolecular Hbond substituents is 1. The highest BCUT2D eigenvalue weighted by molar-refractivity contribution is 5.58. The zero-order valence-electron chi connectivity index (χ0n) is 6.69. The van der Waals surface area contributed by atoms with Gasteiger partial charge in [-0.3, -0.25) is 10.1 Å². The summed E-state index contributed by atoms with van der Waals surface area (Å²) in [7, 11) is 0. The summed E-state index contributed by atoms with van der Waals surface area (Å²) in [4.78, 5) is 10.1. The fourth-order valence-corrected chi connectivity index (χ4v) is 1.43. The number of nitro benzene ring substituents is 1. The molecule has 68 valence electrons. The number of hydrogen-bond donors (Lipinski definition) is 1. The van der Waals surface area contributed by atoms with Gasteiger partial charge in [0.1, 0.15) is 0 Å². The molecule has 1 N–H and O–H groups in total. The summed E-state index contributed by atoms with van der Waals surface area (Å²) in [6, 6.07) is 2.57. The van der Waals surface area contributed by atoms with E-state index in [1.54, 1.807) is 0 Å². The SMILES string of the molecule is O=[N+]([O-])c1ccc(O)c2c1CCO2. The van der Waals surface area contributed by atoms with Gasteiger partial charge in [0.05, 0.1) is 17.1 Å². The minimum atomic E-state index is -0.465. The average Bonchev–Trinajstić information content (AvgIpc) is 2.53. The lowest BCUT2D eigenvalue weighted by atomic mass is 10.1. The summed E-state index contributed by atoms with van der Waals surface area (Å²) in [5, 5.41) is 19.8. The fraction of sp³-hybridized carbons (Fsp3) is 0.250. The molecular weight excluding hydrogens is 174 g/mol. The number of phenols is 1.